The van der Waals surface area contributed by atoms with Gasteiger partial charge in [-0.1, -0.05) is 54.6 Å². The van der Waals surface area contributed by atoms with Gasteiger partial charge in [0.25, 0.3) is 0 Å². The van der Waals surface area contributed by atoms with Crippen LogP contribution in [0.2, 0.25) is 0 Å². The molecule has 150 valence electrons. The number of amides is 2. The molecule has 0 bridgehead atoms. The van der Waals surface area contributed by atoms with E-state index in [-0.39, 0.29) is 6.03 Å². The standard InChI is InChI=1S/C25H23N3O2/c1-30-24-9-5-3-6-20(24)18-10-11-19-16-28(13-12-17(19)14-18)25(29)27-23-15-26-22-8-4-2-7-21(22)23/h2-11,14-15,26H,12-13,16H2,1H3,(H,27,29). The Balaban J connectivity index is 1.34. The highest BCUT2D eigenvalue weighted by molar-refractivity contribution is 6.01. The number of H-pyrrole nitrogens is 1. The monoisotopic (exact) mass is 397 g/mol. The largest absolute Gasteiger partial charge is 0.496 e. The average molecular weight is 397 g/mol. The first-order valence-corrected chi connectivity index (χ1v) is 10.1. The molecule has 0 saturated heterocycles. The van der Waals surface area contributed by atoms with E-state index in [1.165, 1.54) is 11.1 Å². The Bertz CT molecular complexity index is 1230. The van der Waals surface area contributed by atoms with E-state index in [4.69, 9.17) is 4.74 Å². The molecule has 0 atom stereocenters. The van der Waals surface area contributed by atoms with Gasteiger partial charge in [0.2, 0.25) is 0 Å². The lowest BCUT2D eigenvalue weighted by atomic mass is 9.94. The lowest BCUT2D eigenvalue weighted by Crippen LogP contribution is -2.38. The summed E-state index contributed by atoms with van der Waals surface area (Å²) < 4.78 is 5.51. The predicted octanol–water partition coefficient (Wildman–Crippen LogP) is 5.43. The summed E-state index contributed by atoms with van der Waals surface area (Å²) in [5.41, 5.74) is 6.53. The number of methoxy groups -OCH3 is 1. The highest BCUT2D eigenvalue weighted by Crippen LogP contribution is 2.32. The number of aromatic nitrogens is 1. The first-order valence-electron chi connectivity index (χ1n) is 10.1. The normalized spacial score (nSPS) is 13.2. The van der Waals surface area contributed by atoms with Gasteiger partial charge in [-0.15, -0.1) is 0 Å². The van der Waals surface area contributed by atoms with Crippen LogP contribution in [0.3, 0.4) is 0 Å². The van der Waals surface area contributed by atoms with Crippen molar-refractivity contribution < 1.29 is 9.53 Å². The number of benzene rings is 3. The molecule has 4 aromatic rings. The molecule has 30 heavy (non-hydrogen) atoms. The number of nitrogens with zero attached hydrogens (tertiary/aromatic N) is 1. The van der Waals surface area contributed by atoms with Crippen LogP contribution in [0.5, 0.6) is 5.75 Å². The van der Waals surface area contributed by atoms with E-state index in [1.807, 2.05) is 53.6 Å². The molecule has 1 aliphatic rings. The van der Waals surface area contributed by atoms with E-state index < -0.39 is 0 Å². The van der Waals surface area contributed by atoms with Crippen molar-refractivity contribution in [2.24, 2.45) is 0 Å². The number of ether oxygens (including phenoxy) is 1. The summed E-state index contributed by atoms with van der Waals surface area (Å²) in [5.74, 6) is 0.869. The Kier molecular flexibility index (Phi) is 4.64. The summed E-state index contributed by atoms with van der Waals surface area (Å²) in [5, 5.41) is 4.08. The molecule has 2 amide bonds. The molecule has 5 rings (SSSR count). The van der Waals surface area contributed by atoms with E-state index in [1.54, 1.807) is 7.11 Å². The first kappa shape index (κ1) is 18.3. The van der Waals surface area contributed by atoms with Crippen molar-refractivity contribution in [2.75, 3.05) is 19.0 Å². The van der Waals surface area contributed by atoms with Gasteiger partial charge in [0.1, 0.15) is 5.75 Å². The molecule has 1 aliphatic heterocycles. The van der Waals surface area contributed by atoms with Gasteiger partial charge in [-0.2, -0.15) is 0 Å². The zero-order valence-corrected chi connectivity index (χ0v) is 16.8. The van der Waals surface area contributed by atoms with Gasteiger partial charge in [0.05, 0.1) is 12.8 Å². The van der Waals surface area contributed by atoms with E-state index in [9.17, 15) is 4.79 Å². The number of aromatic amines is 1. The minimum absolute atomic E-state index is 0.0702. The Morgan fingerprint density at radius 2 is 1.87 bits per heavy atom. The summed E-state index contributed by atoms with van der Waals surface area (Å²) in [6.45, 7) is 1.30. The average Bonchev–Trinajstić information content (AvgIpc) is 3.21. The molecule has 3 aromatic carbocycles. The summed E-state index contributed by atoms with van der Waals surface area (Å²) in [7, 11) is 1.70. The van der Waals surface area contributed by atoms with Crippen molar-refractivity contribution in [3.05, 3.63) is 84.1 Å². The number of anilines is 1. The Labute approximate surface area is 175 Å². The number of carbonyl (C=O) groups is 1. The summed E-state index contributed by atoms with van der Waals surface area (Å²) >= 11 is 0. The fourth-order valence-corrected chi connectivity index (χ4v) is 4.15. The number of rotatable bonds is 3. The molecular weight excluding hydrogens is 374 g/mol. The molecule has 0 unspecified atom stereocenters. The fraction of sp³-hybridized carbons (Fsp3) is 0.160. The van der Waals surface area contributed by atoms with Crippen LogP contribution in [0.25, 0.3) is 22.0 Å². The van der Waals surface area contributed by atoms with Crippen LogP contribution in [0.15, 0.2) is 72.9 Å². The molecule has 2 N–H and O–H groups in total. The SMILES string of the molecule is COc1ccccc1-c1ccc2c(c1)CCN(C(=O)Nc1c[nH]c3ccccc13)C2. The van der Waals surface area contributed by atoms with E-state index in [0.29, 0.717) is 13.1 Å². The molecule has 0 spiro atoms. The molecule has 1 aromatic heterocycles. The number of nitrogens with one attached hydrogen (secondary N) is 2. The third-order valence-electron chi connectivity index (χ3n) is 5.75. The first-order chi connectivity index (χ1) is 14.7. The van der Waals surface area contributed by atoms with Gasteiger partial charge in [-0.25, -0.2) is 4.79 Å². The molecule has 0 radical (unpaired) electrons. The maximum atomic E-state index is 12.9. The number of fused-ring (bicyclic) bond motifs is 2. The van der Waals surface area contributed by atoms with E-state index in [0.717, 1.165) is 39.9 Å². The highest BCUT2D eigenvalue weighted by atomic mass is 16.5. The maximum absolute atomic E-state index is 12.9. The van der Waals surface area contributed by atoms with Crippen LogP contribution in [-0.2, 0) is 13.0 Å². The van der Waals surface area contributed by atoms with Crippen molar-refractivity contribution in [1.29, 1.82) is 0 Å². The zero-order chi connectivity index (χ0) is 20.5. The highest BCUT2D eigenvalue weighted by Gasteiger charge is 2.22. The van der Waals surface area contributed by atoms with Crippen LogP contribution in [0, 0.1) is 0 Å². The number of urea groups is 1. The van der Waals surface area contributed by atoms with Crippen molar-refractivity contribution in [2.45, 2.75) is 13.0 Å². The smallest absolute Gasteiger partial charge is 0.322 e. The summed E-state index contributed by atoms with van der Waals surface area (Å²) in [6.07, 6.45) is 2.68. The van der Waals surface area contributed by atoms with Gasteiger partial charge < -0.3 is 19.9 Å². The second-order valence-electron chi connectivity index (χ2n) is 7.53. The Morgan fingerprint density at radius 3 is 2.77 bits per heavy atom. The second kappa shape index (κ2) is 7.59. The lowest BCUT2D eigenvalue weighted by molar-refractivity contribution is 0.206. The van der Waals surface area contributed by atoms with Crippen molar-refractivity contribution in [1.82, 2.24) is 9.88 Å². The quantitative estimate of drug-likeness (QED) is 0.484. The second-order valence-corrected chi connectivity index (χ2v) is 7.53. The van der Waals surface area contributed by atoms with Gasteiger partial charge in [0, 0.05) is 35.8 Å². The third kappa shape index (κ3) is 3.28. The van der Waals surface area contributed by atoms with Crippen molar-refractivity contribution >= 4 is 22.6 Å². The topological polar surface area (TPSA) is 57.4 Å². The number of hydrogen-bond acceptors (Lipinski definition) is 2. The van der Waals surface area contributed by atoms with Crippen molar-refractivity contribution in [3.8, 4) is 16.9 Å². The number of para-hydroxylation sites is 2. The van der Waals surface area contributed by atoms with Crippen LogP contribution in [0.1, 0.15) is 11.1 Å². The van der Waals surface area contributed by atoms with Gasteiger partial charge >= 0.3 is 6.03 Å². The van der Waals surface area contributed by atoms with Gasteiger partial charge in [-0.3, -0.25) is 0 Å². The lowest BCUT2D eigenvalue weighted by Gasteiger charge is -2.29. The Morgan fingerprint density at radius 1 is 1.03 bits per heavy atom. The molecular formula is C25H23N3O2. The van der Waals surface area contributed by atoms with Crippen LogP contribution in [0.4, 0.5) is 10.5 Å². The molecule has 0 fully saturated rings. The Hall–Kier alpha value is -3.73. The number of carbonyl (C=O) groups excluding carboxylic acids is 1. The van der Waals surface area contributed by atoms with Crippen LogP contribution < -0.4 is 10.1 Å². The molecule has 0 aliphatic carbocycles. The minimum atomic E-state index is -0.0702. The van der Waals surface area contributed by atoms with Crippen LogP contribution >= 0.6 is 0 Å². The van der Waals surface area contributed by atoms with E-state index in [2.05, 4.69) is 34.6 Å². The predicted molar refractivity (Wildman–Crippen MR) is 120 cm³/mol. The van der Waals surface area contributed by atoms with Gasteiger partial charge in [0.15, 0.2) is 0 Å². The van der Waals surface area contributed by atoms with Crippen molar-refractivity contribution in [3.63, 3.8) is 0 Å². The molecule has 0 saturated carbocycles. The number of hydrogen-bond donors (Lipinski definition) is 2. The fourth-order valence-electron chi connectivity index (χ4n) is 4.15. The van der Waals surface area contributed by atoms with Crippen LogP contribution in [-0.4, -0.2) is 29.6 Å². The third-order valence-corrected chi connectivity index (χ3v) is 5.75. The molecule has 2 heterocycles. The zero-order valence-electron chi connectivity index (χ0n) is 16.8. The van der Waals surface area contributed by atoms with Gasteiger partial charge in [-0.05, 0) is 35.2 Å². The van der Waals surface area contributed by atoms with E-state index >= 15 is 0 Å². The minimum Gasteiger partial charge on any atom is -0.496 e. The molecule has 5 heteroatoms. The maximum Gasteiger partial charge on any atom is 0.322 e. The summed E-state index contributed by atoms with van der Waals surface area (Å²) in [6, 6.07) is 22.4. The summed E-state index contributed by atoms with van der Waals surface area (Å²) in [4.78, 5) is 17.9. The molecule has 5 nitrogen and oxygen atoms in total.